The van der Waals surface area contributed by atoms with Crippen LogP contribution in [-0.4, -0.2) is 37.6 Å². The maximum Gasteiger partial charge on any atom is 0.335 e. The van der Waals surface area contributed by atoms with Crippen LogP contribution in [0.3, 0.4) is 0 Å². The van der Waals surface area contributed by atoms with Gasteiger partial charge in [0.25, 0.3) is 5.56 Å². The van der Waals surface area contributed by atoms with E-state index in [4.69, 9.17) is 4.74 Å². The van der Waals surface area contributed by atoms with Crippen LogP contribution in [0.2, 0.25) is 0 Å². The summed E-state index contributed by atoms with van der Waals surface area (Å²) in [4.78, 5) is 37.5. The van der Waals surface area contributed by atoms with Gasteiger partial charge >= 0.3 is 5.97 Å². The molecule has 0 saturated heterocycles. The summed E-state index contributed by atoms with van der Waals surface area (Å²) in [6.07, 6.45) is 1.42. The summed E-state index contributed by atoms with van der Waals surface area (Å²) in [5.74, 6) is -0.0187. The molecule has 0 amide bonds. The molecule has 0 atom stereocenters. The molecule has 4 rings (SSSR count). The van der Waals surface area contributed by atoms with Crippen LogP contribution < -0.4 is 10.3 Å². The molecule has 29 heavy (non-hydrogen) atoms. The minimum atomic E-state index is -0.955. The van der Waals surface area contributed by atoms with E-state index in [1.54, 1.807) is 19.1 Å². The molecule has 0 saturated carbocycles. The average Bonchev–Trinajstić information content (AvgIpc) is 3.17. The van der Waals surface area contributed by atoms with E-state index >= 15 is 0 Å². The number of hydrogen-bond donors (Lipinski definition) is 3. The number of benzene rings is 2. The van der Waals surface area contributed by atoms with Crippen molar-refractivity contribution >= 4 is 17.1 Å². The zero-order chi connectivity index (χ0) is 20.5. The van der Waals surface area contributed by atoms with E-state index in [1.807, 2.05) is 31.2 Å². The van der Waals surface area contributed by atoms with Crippen molar-refractivity contribution in [1.82, 2.24) is 19.9 Å². The Morgan fingerprint density at radius 3 is 2.66 bits per heavy atom. The van der Waals surface area contributed by atoms with E-state index in [0.717, 1.165) is 11.1 Å². The van der Waals surface area contributed by atoms with E-state index in [1.165, 1.54) is 6.33 Å². The Hall–Kier alpha value is -3.94. The molecule has 8 nitrogen and oxygen atoms in total. The van der Waals surface area contributed by atoms with Gasteiger partial charge in [0.1, 0.15) is 11.6 Å². The van der Waals surface area contributed by atoms with Gasteiger partial charge < -0.3 is 19.8 Å². The van der Waals surface area contributed by atoms with E-state index in [-0.39, 0.29) is 16.6 Å². The summed E-state index contributed by atoms with van der Waals surface area (Å²) < 4.78 is 5.80. The van der Waals surface area contributed by atoms with Crippen LogP contribution in [0.5, 0.6) is 5.75 Å². The van der Waals surface area contributed by atoms with Crippen molar-refractivity contribution in [2.75, 3.05) is 6.61 Å². The fourth-order valence-electron chi connectivity index (χ4n) is 3.23. The Bertz CT molecular complexity index is 1290. The van der Waals surface area contributed by atoms with Gasteiger partial charge in [-0.2, -0.15) is 0 Å². The summed E-state index contributed by atoms with van der Waals surface area (Å²) in [6, 6.07) is 10.7. The van der Waals surface area contributed by atoms with Crippen LogP contribution >= 0.6 is 0 Å². The second-order valence-electron chi connectivity index (χ2n) is 6.49. The molecule has 2 heterocycles. The van der Waals surface area contributed by atoms with Crippen LogP contribution in [-0.2, 0) is 0 Å². The standard InChI is InChI=1S/C21H18N4O4/c1-3-29-16-9-13(12-4-6-14(21(27)28)11(2)8-12)5-7-15(16)18-24-19-17(20(26)25-18)22-10-23-19/h4-10H,3H2,1-2H3,(H,27,28)(H2,22,23,24,25,26). The van der Waals surface area contributed by atoms with Crippen LogP contribution in [0, 0.1) is 6.92 Å². The molecule has 0 fully saturated rings. The summed E-state index contributed by atoms with van der Waals surface area (Å²) in [7, 11) is 0. The molecule has 0 aliphatic carbocycles. The molecule has 3 N–H and O–H groups in total. The van der Waals surface area contributed by atoms with Gasteiger partial charge in [0.2, 0.25) is 0 Å². The Morgan fingerprint density at radius 1 is 1.17 bits per heavy atom. The highest BCUT2D eigenvalue weighted by Gasteiger charge is 2.15. The van der Waals surface area contributed by atoms with E-state index < -0.39 is 5.97 Å². The number of nitrogens with one attached hydrogen (secondary N) is 2. The number of imidazole rings is 1. The number of carboxylic acid groups (broad SMARTS) is 1. The number of aromatic amines is 2. The maximum absolute atomic E-state index is 12.2. The number of fused-ring (bicyclic) bond motifs is 1. The summed E-state index contributed by atoms with van der Waals surface area (Å²) in [5.41, 5.74) is 3.62. The molecule has 0 unspecified atom stereocenters. The normalized spacial score (nSPS) is 11.0. The minimum absolute atomic E-state index is 0.248. The predicted molar refractivity (Wildman–Crippen MR) is 108 cm³/mol. The van der Waals surface area contributed by atoms with Gasteiger partial charge in [-0.15, -0.1) is 0 Å². The first-order valence-electron chi connectivity index (χ1n) is 9.03. The lowest BCUT2D eigenvalue weighted by atomic mass is 9.98. The molecule has 0 bridgehead atoms. The zero-order valence-electron chi connectivity index (χ0n) is 15.8. The molecule has 8 heteroatoms. The third-order valence-corrected chi connectivity index (χ3v) is 4.62. The van der Waals surface area contributed by atoms with E-state index in [9.17, 15) is 14.7 Å². The van der Waals surface area contributed by atoms with Crippen molar-refractivity contribution < 1.29 is 14.6 Å². The lowest BCUT2D eigenvalue weighted by Gasteiger charge is -2.13. The molecule has 4 aromatic rings. The van der Waals surface area contributed by atoms with E-state index in [2.05, 4.69) is 19.9 Å². The number of H-pyrrole nitrogens is 2. The highest BCUT2D eigenvalue weighted by molar-refractivity contribution is 5.90. The second-order valence-corrected chi connectivity index (χ2v) is 6.49. The van der Waals surface area contributed by atoms with Crippen molar-refractivity contribution in [3.8, 4) is 28.3 Å². The Morgan fingerprint density at radius 2 is 1.93 bits per heavy atom. The van der Waals surface area contributed by atoms with Gasteiger partial charge in [-0.05, 0) is 48.7 Å². The van der Waals surface area contributed by atoms with Gasteiger partial charge in [-0.25, -0.2) is 14.8 Å². The van der Waals surface area contributed by atoms with Crippen molar-refractivity contribution in [3.05, 3.63) is 64.2 Å². The first-order valence-corrected chi connectivity index (χ1v) is 9.03. The topological polar surface area (TPSA) is 121 Å². The predicted octanol–water partition coefficient (Wildman–Crippen LogP) is 3.39. The highest BCUT2D eigenvalue weighted by atomic mass is 16.5. The monoisotopic (exact) mass is 390 g/mol. The largest absolute Gasteiger partial charge is 0.493 e. The Kier molecular flexibility index (Phi) is 4.59. The van der Waals surface area contributed by atoms with E-state index in [0.29, 0.717) is 35.0 Å². The van der Waals surface area contributed by atoms with Crippen LogP contribution in [0.4, 0.5) is 0 Å². The molecular weight excluding hydrogens is 372 g/mol. The smallest absolute Gasteiger partial charge is 0.335 e. The lowest BCUT2D eigenvalue weighted by Crippen LogP contribution is -2.10. The number of nitrogens with zero attached hydrogens (tertiary/aromatic N) is 2. The fraction of sp³-hybridized carbons (Fsp3) is 0.143. The second kappa shape index (κ2) is 7.23. The number of hydrogen-bond acceptors (Lipinski definition) is 5. The maximum atomic E-state index is 12.2. The molecule has 0 radical (unpaired) electrons. The van der Waals surface area contributed by atoms with Crippen molar-refractivity contribution in [2.45, 2.75) is 13.8 Å². The quantitative estimate of drug-likeness (QED) is 0.480. The van der Waals surface area contributed by atoms with Crippen LogP contribution in [0.25, 0.3) is 33.7 Å². The third-order valence-electron chi connectivity index (χ3n) is 4.62. The molecular formula is C21H18N4O4. The van der Waals surface area contributed by atoms with Crippen molar-refractivity contribution in [3.63, 3.8) is 0 Å². The summed E-state index contributed by atoms with van der Waals surface area (Å²) >= 11 is 0. The number of rotatable bonds is 5. The number of aromatic carboxylic acids is 1. The molecule has 0 aliphatic heterocycles. The molecule has 0 aliphatic rings. The third kappa shape index (κ3) is 3.36. The van der Waals surface area contributed by atoms with Gasteiger partial charge in [-0.3, -0.25) is 4.79 Å². The Balaban J connectivity index is 1.82. The SMILES string of the molecule is CCOc1cc(-c2ccc(C(=O)O)c(C)c2)ccc1-c1nc2[nH]cnc2c(=O)[nH]1. The molecule has 2 aromatic heterocycles. The van der Waals surface area contributed by atoms with Crippen LogP contribution in [0.1, 0.15) is 22.8 Å². The summed E-state index contributed by atoms with van der Waals surface area (Å²) in [6.45, 7) is 4.07. The number of carbonyl (C=O) groups is 1. The molecule has 0 spiro atoms. The lowest BCUT2D eigenvalue weighted by molar-refractivity contribution is 0.0696. The molecule has 146 valence electrons. The minimum Gasteiger partial charge on any atom is -0.493 e. The van der Waals surface area contributed by atoms with Gasteiger partial charge in [0.15, 0.2) is 11.2 Å². The highest BCUT2D eigenvalue weighted by Crippen LogP contribution is 2.33. The first-order chi connectivity index (χ1) is 14.0. The number of aryl methyl sites for hydroxylation is 1. The number of ether oxygens (including phenoxy) is 1. The van der Waals surface area contributed by atoms with Crippen molar-refractivity contribution in [2.24, 2.45) is 0 Å². The number of aromatic nitrogens is 4. The Labute approximate surface area is 165 Å². The summed E-state index contributed by atoms with van der Waals surface area (Å²) in [5, 5.41) is 9.22. The zero-order valence-corrected chi connectivity index (χ0v) is 15.8. The fourth-order valence-corrected chi connectivity index (χ4v) is 3.23. The van der Waals surface area contributed by atoms with Crippen LogP contribution in [0.15, 0.2) is 47.5 Å². The number of carboxylic acids is 1. The molecule has 2 aromatic carbocycles. The van der Waals surface area contributed by atoms with Crippen molar-refractivity contribution in [1.29, 1.82) is 0 Å². The first kappa shape index (κ1) is 18.4. The van der Waals surface area contributed by atoms with Gasteiger partial charge in [0.05, 0.1) is 24.1 Å². The average molecular weight is 390 g/mol. The van der Waals surface area contributed by atoms with Gasteiger partial charge in [-0.1, -0.05) is 18.2 Å². The van der Waals surface area contributed by atoms with Gasteiger partial charge in [0, 0.05) is 0 Å².